The van der Waals surface area contributed by atoms with Gasteiger partial charge >= 0.3 is 5.97 Å². The number of rotatable bonds is 4. The summed E-state index contributed by atoms with van der Waals surface area (Å²) in [6.45, 7) is 5.10. The first kappa shape index (κ1) is 13.6. The SMILES string of the molecule is CC1(C)CCC(NCc2cccs2)(C(=O)O)CC1. The molecule has 0 aromatic carbocycles. The van der Waals surface area contributed by atoms with E-state index in [2.05, 4.69) is 19.2 Å². The Morgan fingerprint density at radius 2 is 2.06 bits per heavy atom. The average Bonchev–Trinajstić information content (AvgIpc) is 2.81. The lowest BCUT2D eigenvalue weighted by atomic mass is 9.69. The van der Waals surface area contributed by atoms with Gasteiger partial charge in [0.05, 0.1) is 0 Å². The number of hydrogen-bond donors (Lipinski definition) is 2. The first-order valence-corrected chi connectivity index (χ1v) is 7.32. The molecule has 0 unspecified atom stereocenters. The third kappa shape index (κ3) is 2.93. The van der Waals surface area contributed by atoms with Crippen molar-refractivity contribution in [3.63, 3.8) is 0 Å². The highest BCUT2D eigenvalue weighted by atomic mass is 32.1. The molecule has 1 heterocycles. The van der Waals surface area contributed by atoms with E-state index in [9.17, 15) is 9.90 Å². The highest BCUT2D eigenvalue weighted by Gasteiger charge is 2.43. The van der Waals surface area contributed by atoms with Crippen LogP contribution in [0.4, 0.5) is 0 Å². The molecular weight excluding hydrogens is 246 g/mol. The molecule has 0 atom stereocenters. The van der Waals surface area contributed by atoms with Gasteiger partial charge in [-0.05, 0) is 42.5 Å². The number of carboxylic acid groups (broad SMARTS) is 1. The summed E-state index contributed by atoms with van der Waals surface area (Å²) in [5.74, 6) is -0.699. The molecule has 1 aliphatic rings. The topological polar surface area (TPSA) is 49.3 Å². The molecule has 2 rings (SSSR count). The van der Waals surface area contributed by atoms with Gasteiger partial charge in [0.15, 0.2) is 0 Å². The molecule has 100 valence electrons. The molecule has 3 nitrogen and oxygen atoms in total. The average molecular weight is 267 g/mol. The van der Waals surface area contributed by atoms with Crippen molar-refractivity contribution in [1.82, 2.24) is 5.32 Å². The van der Waals surface area contributed by atoms with Crippen LogP contribution in [0.15, 0.2) is 17.5 Å². The van der Waals surface area contributed by atoms with E-state index in [0.29, 0.717) is 6.54 Å². The van der Waals surface area contributed by atoms with Gasteiger partial charge in [-0.3, -0.25) is 10.1 Å². The van der Waals surface area contributed by atoms with Crippen molar-refractivity contribution in [1.29, 1.82) is 0 Å². The van der Waals surface area contributed by atoms with E-state index in [1.54, 1.807) is 11.3 Å². The van der Waals surface area contributed by atoms with Crippen molar-refractivity contribution < 1.29 is 9.90 Å². The first-order chi connectivity index (χ1) is 8.44. The minimum atomic E-state index is -0.723. The summed E-state index contributed by atoms with van der Waals surface area (Å²) < 4.78 is 0. The standard InChI is InChI=1S/C14H21NO2S/c1-13(2)5-7-14(8-6-13,12(16)17)15-10-11-4-3-9-18-11/h3-4,9,15H,5-8,10H2,1-2H3,(H,16,17). The van der Waals surface area contributed by atoms with Crippen molar-refractivity contribution >= 4 is 17.3 Å². The van der Waals surface area contributed by atoms with Crippen LogP contribution >= 0.6 is 11.3 Å². The van der Waals surface area contributed by atoms with Crippen molar-refractivity contribution in [3.8, 4) is 0 Å². The summed E-state index contributed by atoms with van der Waals surface area (Å²) in [5, 5.41) is 14.8. The second kappa shape index (κ2) is 5.02. The van der Waals surface area contributed by atoms with Gasteiger partial charge in [-0.1, -0.05) is 19.9 Å². The quantitative estimate of drug-likeness (QED) is 0.880. The Bertz CT molecular complexity index is 401. The lowest BCUT2D eigenvalue weighted by Crippen LogP contribution is -2.54. The number of thiophene rings is 1. The largest absolute Gasteiger partial charge is 0.480 e. The fourth-order valence-corrected chi connectivity index (χ4v) is 3.13. The van der Waals surface area contributed by atoms with Crippen LogP contribution in [0, 0.1) is 5.41 Å². The van der Waals surface area contributed by atoms with Crippen LogP contribution in [0.25, 0.3) is 0 Å². The molecule has 0 amide bonds. The van der Waals surface area contributed by atoms with Crippen molar-refractivity contribution in [3.05, 3.63) is 22.4 Å². The number of hydrogen-bond acceptors (Lipinski definition) is 3. The van der Waals surface area contributed by atoms with Gasteiger partial charge < -0.3 is 5.11 Å². The third-order valence-electron chi connectivity index (χ3n) is 4.05. The smallest absolute Gasteiger partial charge is 0.323 e. The Balaban J connectivity index is 2.02. The molecule has 0 aliphatic heterocycles. The van der Waals surface area contributed by atoms with Gasteiger partial charge in [0.1, 0.15) is 5.54 Å². The molecule has 1 fully saturated rings. The van der Waals surface area contributed by atoms with E-state index >= 15 is 0 Å². The molecule has 0 bridgehead atoms. The highest BCUT2D eigenvalue weighted by molar-refractivity contribution is 7.09. The molecule has 1 saturated carbocycles. The Kier molecular flexibility index (Phi) is 3.78. The Morgan fingerprint density at radius 3 is 2.56 bits per heavy atom. The van der Waals surface area contributed by atoms with E-state index in [1.807, 2.05) is 17.5 Å². The lowest BCUT2D eigenvalue weighted by molar-refractivity contribution is -0.147. The minimum Gasteiger partial charge on any atom is -0.480 e. The maximum Gasteiger partial charge on any atom is 0.323 e. The van der Waals surface area contributed by atoms with Crippen molar-refractivity contribution in [2.75, 3.05) is 0 Å². The molecule has 4 heteroatoms. The Hall–Kier alpha value is -0.870. The van der Waals surface area contributed by atoms with Gasteiger partial charge in [-0.15, -0.1) is 11.3 Å². The zero-order chi connectivity index (χ0) is 13.2. The molecular formula is C14H21NO2S. The van der Waals surface area contributed by atoms with Crippen molar-refractivity contribution in [2.45, 2.75) is 51.6 Å². The van der Waals surface area contributed by atoms with Gasteiger partial charge in [0.2, 0.25) is 0 Å². The molecule has 0 radical (unpaired) electrons. The maximum atomic E-state index is 11.6. The summed E-state index contributed by atoms with van der Waals surface area (Å²) >= 11 is 1.67. The monoisotopic (exact) mass is 267 g/mol. The summed E-state index contributed by atoms with van der Waals surface area (Å²) in [6.07, 6.45) is 3.38. The Morgan fingerprint density at radius 1 is 1.39 bits per heavy atom. The van der Waals surface area contributed by atoms with Gasteiger partial charge in [-0.25, -0.2) is 0 Å². The lowest BCUT2D eigenvalue weighted by Gasteiger charge is -2.41. The third-order valence-corrected chi connectivity index (χ3v) is 4.92. The molecule has 1 aromatic heterocycles. The van der Waals surface area contributed by atoms with Gasteiger partial charge in [-0.2, -0.15) is 0 Å². The first-order valence-electron chi connectivity index (χ1n) is 6.44. The van der Waals surface area contributed by atoms with Crippen LogP contribution in [0.5, 0.6) is 0 Å². The van der Waals surface area contributed by atoms with E-state index in [0.717, 1.165) is 25.7 Å². The number of carboxylic acids is 1. The predicted molar refractivity (Wildman–Crippen MR) is 73.8 cm³/mol. The van der Waals surface area contributed by atoms with E-state index < -0.39 is 11.5 Å². The fourth-order valence-electron chi connectivity index (χ4n) is 2.49. The van der Waals surface area contributed by atoms with Crippen LogP contribution in [0.3, 0.4) is 0 Å². The van der Waals surface area contributed by atoms with E-state index in [4.69, 9.17) is 0 Å². The van der Waals surface area contributed by atoms with E-state index in [-0.39, 0.29) is 5.41 Å². The fraction of sp³-hybridized carbons (Fsp3) is 0.643. The van der Waals surface area contributed by atoms with Gasteiger partial charge in [0, 0.05) is 11.4 Å². The van der Waals surface area contributed by atoms with E-state index in [1.165, 1.54) is 4.88 Å². The minimum absolute atomic E-state index is 0.281. The zero-order valence-corrected chi connectivity index (χ0v) is 11.8. The van der Waals surface area contributed by atoms with Crippen LogP contribution in [-0.2, 0) is 11.3 Å². The summed E-state index contributed by atoms with van der Waals surface area (Å²) in [4.78, 5) is 12.8. The molecule has 18 heavy (non-hydrogen) atoms. The molecule has 0 saturated heterocycles. The number of carbonyl (C=O) groups is 1. The second-order valence-corrected chi connectivity index (χ2v) is 7.02. The van der Waals surface area contributed by atoms with Crippen molar-refractivity contribution in [2.24, 2.45) is 5.41 Å². The maximum absolute atomic E-state index is 11.6. The molecule has 1 aliphatic carbocycles. The summed E-state index contributed by atoms with van der Waals surface area (Å²) in [6, 6.07) is 4.04. The van der Waals surface area contributed by atoms with Crippen LogP contribution < -0.4 is 5.32 Å². The molecule has 0 spiro atoms. The van der Waals surface area contributed by atoms with Gasteiger partial charge in [0.25, 0.3) is 0 Å². The molecule has 1 aromatic rings. The zero-order valence-electron chi connectivity index (χ0n) is 11.0. The van der Waals surface area contributed by atoms with Crippen LogP contribution in [0.1, 0.15) is 44.4 Å². The predicted octanol–water partition coefficient (Wildman–Crippen LogP) is 3.26. The van der Waals surface area contributed by atoms with Crippen LogP contribution in [-0.4, -0.2) is 16.6 Å². The second-order valence-electron chi connectivity index (χ2n) is 5.98. The normalized spacial score (nSPS) is 21.7. The molecule has 2 N–H and O–H groups in total. The Labute approximate surface area is 112 Å². The van der Waals surface area contributed by atoms with Crippen LogP contribution in [0.2, 0.25) is 0 Å². The highest BCUT2D eigenvalue weighted by Crippen LogP contribution is 2.40. The number of nitrogens with one attached hydrogen (secondary N) is 1. The summed E-state index contributed by atoms with van der Waals surface area (Å²) in [7, 11) is 0. The summed E-state index contributed by atoms with van der Waals surface area (Å²) in [5.41, 5.74) is -0.441. The number of aliphatic carboxylic acids is 1.